The number of carbonyl (C=O) groups excluding carboxylic acids is 1. The van der Waals surface area contributed by atoms with E-state index in [-0.39, 0.29) is 13.0 Å². The summed E-state index contributed by atoms with van der Waals surface area (Å²) in [6.45, 7) is 1.93. The third-order valence-corrected chi connectivity index (χ3v) is 2.74. The van der Waals surface area contributed by atoms with E-state index in [1.54, 1.807) is 32.2 Å². The molecule has 2 N–H and O–H groups in total. The summed E-state index contributed by atoms with van der Waals surface area (Å²) in [5.74, 6) is -0.0199. The lowest BCUT2D eigenvalue weighted by Gasteiger charge is -2.20. The summed E-state index contributed by atoms with van der Waals surface area (Å²) in [4.78, 5) is 11.7. The number of ether oxygens (including phenoxy) is 2. The second-order valence-corrected chi connectivity index (χ2v) is 3.87. The fourth-order valence-electron chi connectivity index (χ4n) is 1.95. The number of esters is 1. The molecular formula is C12H15NO4. The van der Waals surface area contributed by atoms with Gasteiger partial charge in [-0.2, -0.15) is 0 Å². The Labute approximate surface area is 99.3 Å². The van der Waals surface area contributed by atoms with Crippen molar-refractivity contribution in [2.45, 2.75) is 19.1 Å². The van der Waals surface area contributed by atoms with Crippen LogP contribution in [0.3, 0.4) is 0 Å². The van der Waals surface area contributed by atoms with E-state index in [1.165, 1.54) is 0 Å². The first-order valence-corrected chi connectivity index (χ1v) is 5.44. The lowest BCUT2D eigenvalue weighted by Crippen LogP contribution is -2.46. The van der Waals surface area contributed by atoms with Gasteiger partial charge in [0.25, 0.3) is 0 Å². The maximum Gasteiger partial charge on any atom is 0.359 e. The predicted molar refractivity (Wildman–Crippen MR) is 61.9 cm³/mol. The molecule has 92 valence electrons. The molecule has 0 aromatic heterocycles. The summed E-state index contributed by atoms with van der Waals surface area (Å²) >= 11 is 0. The van der Waals surface area contributed by atoms with Gasteiger partial charge in [-0.1, -0.05) is 6.07 Å². The second-order valence-electron chi connectivity index (χ2n) is 3.87. The van der Waals surface area contributed by atoms with Gasteiger partial charge in [-0.25, -0.2) is 4.79 Å². The van der Waals surface area contributed by atoms with Gasteiger partial charge in [0.2, 0.25) is 5.72 Å². The first kappa shape index (κ1) is 11.7. The van der Waals surface area contributed by atoms with E-state index in [9.17, 15) is 9.90 Å². The van der Waals surface area contributed by atoms with Crippen molar-refractivity contribution in [2.24, 2.45) is 0 Å². The first-order valence-electron chi connectivity index (χ1n) is 5.44. The summed E-state index contributed by atoms with van der Waals surface area (Å²) in [6.07, 6.45) is 0.144. The van der Waals surface area contributed by atoms with E-state index in [0.717, 1.165) is 5.56 Å². The summed E-state index contributed by atoms with van der Waals surface area (Å²) < 4.78 is 10.0. The van der Waals surface area contributed by atoms with Crippen molar-refractivity contribution >= 4 is 11.7 Å². The fraction of sp³-hybridized carbons (Fsp3) is 0.417. The molecule has 5 heteroatoms. The van der Waals surface area contributed by atoms with E-state index in [0.29, 0.717) is 11.4 Å². The van der Waals surface area contributed by atoms with Gasteiger partial charge in [0.15, 0.2) is 0 Å². The van der Waals surface area contributed by atoms with Gasteiger partial charge in [-0.15, -0.1) is 0 Å². The molecule has 1 aromatic rings. The number of nitrogens with one attached hydrogen (secondary N) is 1. The summed E-state index contributed by atoms with van der Waals surface area (Å²) in [7, 11) is 1.55. The topological polar surface area (TPSA) is 67.8 Å². The summed E-state index contributed by atoms with van der Waals surface area (Å²) in [5.41, 5.74) is -0.210. The molecule has 2 rings (SSSR count). The van der Waals surface area contributed by atoms with Gasteiger partial charge in [-0.05, 0) is 19.1 Å². The minimum absolute atomic E-state index is 0.144. The van der Waals surface area contributed by atoms with Crippen LogP contribution < -0.4 is 10.1 Å². The van der Waals surface area contributed by atoms with Crippen molar-refractivity contribution in [2.75, 3.05) is 19.0 Å². The lowest BCUT2D eigenvalue weighted by molar-refractivity contribution is -0.161. The van der Waals surface area contributed by atoms with E-state index in [2.05, 4.69) is 5.32 Å². The molecule has 1 heterocycles. The zero-order valence-corrected chi connectivity index (χ0v) is 9.82. The molecule has 0 aliphatic carbocycles. The molecule has 5 nitrogen and oxygen atoms in total. The SMILES string of the molecule is CCOC(=O)C1(O)Cc2c(cccc2OC)N1. The molecule has 0 saturated carbocycles. The van der Waals surface area contributed by atoms with Crippen molar-refractivity contribution in [3.8, 4) is 5.75 Å². The first-order chi connectivity index (χ1) is 8.10. The van der Waals surface area contributed by atoms with Crippen LogP contribution in [0.15, 0.2) is 18.2 Å². The average molecular weight is 237 g/mol. The number of methoxy groups -OCH3 is 1. The van der Waals surface area contributed by atoms with E-state index in [4.69, 9.17) is 9.47 Å². The van der Waals surface area contributed by atoms with E-state index in [1.807, 2.05) is 0 Å². The zero-order chi connectivity index (χ0) is 12.5. The third kappa shape index (κ3) is 1.93. The molecule has 1 aliphatic rings. The van der Waals surface area contributed by atoms with Crippen molar-refractivity contribution in [3.63, 3.8) is 0 Å². The largest absolute Gasteiger partial charge is 0.496 e. The van der Waals surface area contributed by atoms with Crippen molar-refractivity contribution in [1.29, 1.82) is 0 Å². The van der Waals surface area contributed by atoms with Crippen LogP contribution in [-0.2, 0) is 16.0 Å². The molecule has 0 spiro atoms. The zero-order valence-electron chi connectivity index (χ0n) is 9.82. The number of aliphatic hydroxyl groups is 1. The van der Waals surface area contributed by atoms with Crippen LogP contribution in [0.25, 0.3) is 0 Å². The highest BCUT2D eigenvalue weighted by Gasteiger charge is 2.44. The van der Waals surface area contributed by atoms with Crippen LogP contribution in [0.2, 0.25) is 0 Å². The Morgan fingerprint density at radius 1 is 1.59 bits per heavy atom. The fourth-order valence-corrected chi connectivity index (χ4v) is 1.95. The molecule has 0 radical (unpaired) electrons. The van der Waals surface area contributed by atoms with Crippen LogP contribution in [0, 0.1) is 0 Å². The minimum atomic E-state index is -1.69. The van der Waals surface area contributed by atoms with Crippen molar-refractivity contribution < 1.29 is 19.4 Å². The van der Waals surface area contributed by atoms with Crippen LogP contribution in [-0.4, -0.2) is 30.5 Å². The highest BCUT2D eigenvalue weighted by molar-refractivity contribution is 5.86. The van der Waals surface area contributed by atoms with Crippen molar-refractivity contribution in [1.82, 2.24) is 0 Å². The minimum Gasteiger partial charge on any atom is -0.496 e. The molecule has 17 heavy (non-hydrogen) atoms. The molecule has 1 atom stereocenters. The van der Waals surface area contributed by atoms with Gasteiger partial charge < -0.3 is 19.9 Å². The maximum atomic E-state index is 11.7. The Balaban J connectivity index is 2.29. The Kier molecular flexibility index (Phi) is 2.93. The number of hydrogen-bond donors (Lipinski definition) is 2. The predicted octanol–water partition coefficient (Wildman–Crippen LogP) is 0.915. The van der Waals surface area contributed by atoms with Gasteiger partial charge in [0.1, 0.15) is 5.75 Å². The monoisotopic (exact) mass is 237 g/mol. The molecule has 0 amide bonds. The maximum absolute atomic E-state index is 11.7. The van der Waals surface area contributed by atoms with Gasteiger partial charge >= 0.3 is 5.97 Å². The second kappa shape index (κ2) is 4.25. The number of hydrogen-bond acceptors (Lipinski definition) is 5. The van der Waals surface area contributed by atoms with Crippen LogP contribution in [0.4, 0.5) is 5.69 Å². The molecule has 1 unspecified atom stereocenters. The average Bonchev–Trinajstić information content (AvgIpc) is 2.66. The summed E-state index contributed by atoms with van der Waals surface area (Å²) in [6, 6.07) is 5.37. The highest BCUT2D eigenvalue weighted by Crippen LogP contribution is 2.37. The Morgan fingerprint density at radius 2 is 2.35 bits per heavy atom. The normalized spacial score (nSPS) is 21.6. The number of anilines is 1. The van der Waals surface area contributed by atoms with Crippen molar-refractivity contribution in [3.05, 3.63) is 23.8 Å². The molecule has 1 aliphatic heterocycles. The third-order valence-electron chi connectivity index (χ3n) is 2.74. The molecule has 0 bridgehead atoms. The Hall–Kier alpha value is -1.75. The molecule has 0 saturated heterocycles. The molecular weight excluding hydrogens is 222 g/mol. The smallest absolute Gasteiger partial charge is 0.359 e. The Bertz CT molecular complexity index is 446. The number of carbonyl (C=O) groups is 1. The van der Waals surface area contributed by atoms with E-state index < -0.39 is 11.7 Å². The summed E-state index contributed by atoms with van der Waals surface area (Å²) in [5, 5.41) is 13.0. The molecule has 1 aromatic carbocycles. The standard InChI is InChI=1S/C12H15NO4/c1-3-17-11(14)12(15)7-8-9(13-12)5-4-6-10(8)16-2/h4-6,13,15H,3,7H2,1-2H3. The van der Waals surface area contributed by atoms with Crippen LogP contribution >= 0.6 is 0 Å². The quantitative estimate of drug-likeness (QED) is 0.765. The number of benzene rings is 1. The van der Waals surface area contributed by atoms with Gasteiger partial charge in [-0.3, -0.25) is 0 Å². The van der Waals surface area contributed by atoms with Gasteiger partial charge in [0.05, 0.1) is 13.7 Å². The highest BCUT2D eigenvalue weighted by atomic mass is 16.6. The lowest BCUT2D eigenvalue weighted by atomic mass is 10.1. The molecule has 0 fully saturated rings. The number of fused-ring (bicyclic) bond motifs is 1. The van der Waals surface area contributed by atoms with E-state index >= 15 is 0 Å². The van der Waals surface area contributed by atoms with Crippen LogP contribution in [0.1, 0.15) is 12.5 Å². The van der Waals surface area contributed by atoms with Crippen LogP contribution in [0.5, 0.6) is 5.75 Å². The number of rotatable bonds is 3. The van der Waals surface area contributed by atoms with Gasteiger partial charge in [0, 0.05) is 17.7 Å². The Morgan fingerprint density at radius 3 is 3.00 bits per heavy atom.